The van der Waals surface area contributed by atoms with Crippen molar-refractivity contribution in [3.8, 4) is 6.07 Å². The predicted molar refractivity (Wildman–Crippen MR) is 58.7 cm³/mol. The van der Waals surface area contributed by atoms with Crippen molar-refractivity contribution in [2.45, 2.75) is 6.92 Å². The summed E-state index contributed by atoms with van der Waals surface area (Å²) in [5, 5.41) is 10.4. The van der Waals surface area contributed by atoms with Crippen LogP contribution in [0.3, 0.4) is 0 Å². The van der Waals surface area contributed by atoms with Gasteiger partial charge in [0.1, 0.15) is 13.7 Å². The molecule has 15 heavy (non-hydrogen) atoms. The summed E-state index contributed by atoms with van der Waals surface area (Å²) in [6, 6.07) is 8.53. The largest absolute Gasteiger partial charge is 0.208 e. The first-order chi connectivity index (χ1) is 7.11. The van der Waals surface area contributed by atoms with E-state index in [1.54, 1.807) is 18.2 Å². The van der Waals surface area contributed by atoms with Crippen molar-refractivity contribution in [3.05, 3.63) is 41.2 Å². The molecule has 2 radical (unpaired) electrons. The second-order valence-corrected chi connectivity index (χ2v) is 3.50. The van der Waals surface area contributed by atoms with E-state index in [1.807, 2.05) is 6.92 Å². The second kappa shape index (κ2) is 3.40. The highest BCUT2D eigenvalue weighted by Crippen LogP contribution is 2.19. The maximum atomic E-state index is 13.2. The molecule has 0 amide bonds. The van der Waals surface area contributed by atoms with Gasteiger partial charge < -0.3 is 0 Å². The van der Waals surface area contributed by atoms with Crippen LogP contribution in [-0.4, -0.2) is 7.85 Å². The Morgan fingerprint density at radius 1 is 1.20 bits per heavy atom. The molecule has 0 N–H and O–H groups in total. The van der Waals surface area contributed by atoms with Crippen LogP contribution in [0.1, 0.15) is 11.1 Å². The summed E-state index contributed by atoms with van der Waals surface area (Å²) in [4.78, 5) is 0. The zero-order valence-electron chi connectivity index (χ0n) is 8.21. The number of halogens is 1. The normalized spacial score (nSPS) is 10.2. The number of benzene rings is 2. The van der Waals surface area contributed by atoms with Crippen LogP contribution in [0.5, 0.6) is 0 Å². The lowest BCUT2D eigenvalue weighted by molar-refractivity contribution is 0.638. The number of nitriles is 1. The molecule has 0 bridgehead atoms. The van der Waals surface area contributed by atoms with Crippen molar-refractivity contribution in [1.29, 1.82) is 5.26 Å². The van der Waals surface area contributed by atoms with Gasteiger partial charge in [-0.2, -0.15) is 5.26 Å². The molecular formula is C12H7BFN. The summed E-state index contributed by atoms with van der Waals surface area (Å²) in [6.07, 6.45) is 0. The fourth-order valence-electron chi connectivity index (χ4n) is 1.57. The van der Waals surface area contributed by atoms with E-state index in [0.717, 1.165) is 16.3 Å². The molecule has 2 aromatic rings. The minimum absolute atomic E-state index is 0.107. The monoisotopic (exact) mass is 195 g/mol. The summed E-state index contributed by atoms with van der Waals surface area (Å²) < 4.78 is 13.2. The SMILES string of the molecule is [B]c1cc2cc(C#N)c(C)cc2cc1F. The molecule has 0 aliphatic carbocycles. The predicted octanol–water partition coefficient (Wildman–Crippen LogP) is 1.95. The van der Waals surface area contributed by atoms with Gasteiger partial charge in [-0.3, -0.25) is 0 Å². The molecule has 0 saturated carbocycles. The molecule has 3 heteroatoms. The van der Waals surface area contributed by atoms with E-state index in [0.29, 0.717) is 5.56 Å². The summed E-state index contributed by atoms with van der Waals surface area (Å²) in [5.41, 5.74) is 1.54. The molecule has 0 aliphatic rings. The summed E-state index contributed by atoms with van der Waals surface area (Å²) in [5.74, 6) is -0.424. The Morgan fingerprint density at radius 2 is 1.87 bits per heavy atom. The van der Waals surface area contributed by atoms with Crippen LogP contribution >= 0.6 is 0 Å². The van der Waals surface area contributed by atoms with Crippen molar-refractivity contribution in [2.24, 2.45) is 0 Å². The van der Waals surface area contributed by atoms with Gasteiger partial charge in [0, 0.05) is 0 Å². The Labute approximate surface area is 88.6 Å². The molecule has 0 aliphatic heterocycles. The van der Waals surface area contributed by atoms with Crippen molar-refractivity contribution in [2.75, 3.05) is 0 Å². The Hall–Kier alpha value is -1.82. The van der Waals surface area contributed by atoms with Crippen molar-refractivity contribution in [1.82, 2.24) is 0 Å². The fraction of sp³-hybridized carbons (Fsp3) is 0.0833. The highest BCUT2D eigenvalue weighted by Gasteiger charge is 2.04. The molecule has 0 atom stereocenters. The van der Waals surface area contributed by atoms with Gasteiger partial charge in [-0.05, 0) is 35.4 Å². The van der Waals surface area contributed by atoms with Gasteiger partial charge in [-0.25, -0.2) is 4.39 Å². The first-order valence-electron chi connectivity index (χ1n) is 4.51. The van der Waals surface area contributed by atoms with E-state index >= 15 is 0 Å². The van der Waals surface area contributed by atoms with E-state index < -0.39 is 5.82 Å². The molecule has 0 saturated heterocycles. The number of hydrogen-bond acceptors (Lipinski definition) is 1. The Kier molecular flexibility index (Phi) is 2.20. The van der Waals surface area contributed by atoms with Crippen LogP contribution in [0, 0.1) is 24.1 Å². The lowest BCUT2D eigenvalue weighted by atomic mass is 9.91. The third-order valence-corrected chi connectivity index (χ3v) is 2.42. The maximum Gasteiger partial charge on any atom is 0.117 e. The van der Waals surface area contributed by atoms with Gasteiger partial charge in [0.15, 0.2) is 0 Å². The summed E-state index contributed by atoms with van der Waals surface area (Å²) in [7, 11) is 5.46. The highest BCUT2D eigenvalue weighted by molar-refractivity contribution is 6.33. The zero-order valence-corrected chi connectivity index (χ0v) is 8.21. The number of nitrogens with zero attached hydrogens (tertiary/aromatic N) is 1. The van der Waals surface area contributed by atoms with Gasteiger partial charge in [-0.1, -0.05) is 17.6 Å². The van der Waals surface area contributed by atoms with Crippen LogP contribution in [0.25, 0.3) is 10.8 Å². The van der Waals surface area contributed by atoms with Gasteiger partial charge in [0.25, 0.3) is 0 Å². The van der Waals surface area contributed by atoms with Gasteiger partial charge in [0.2, 0.25) is 0 Å². The fourth-order valence-corrected chi connectivity index (χ4v) is 1.57. The molecule has 1 nitrogen and oxygen atoms in total. The maximum absolute atomic E-state index is 13.2. The molecule has 2 rings (SSSR count). The van der Waals surface area contributed by atoms with Gasteiger partial charge in [-0.15, -0.1) is 0 Å². The number of fused-ring (bicyclic) bond motifs is 1. The average Bonchev–Trinajstić information content (AvgIpc) is 2.20. The zero-order chi connectivity index (χ0) is 11.0. The standard InChI is InChI=1S/C12H7BFN/c1-7-2-8-5-12(14)11(13)4-9(8)3-10(7)6-15/h2-5H,1H3. The van der Waals surface area contributed by atoms with Crippen molar-refractivity contribution in [3.63, 3.8) is 0 Å². The average molecular weight is 195 g/mol. The highest BCUT2D eigenvalue weighted by atomic mass is 19.1. The molecule has 0 fully saturated rings. The van der Waals surface area contributed by atoms with Crippen molar-refractivity contribution < 1.29 is 4.39 Å². The van der Waals surface area contributed by atoms with Crippen LogP contribution in [0.15, 0.2) is 24.3 Å². The molecule has 0 aromatic heterocycles. The molecule has 0 spiro atoms. The Balaban J connectivity index is 2.84. The molecule has 0 heterocycles. The lowest BCUT2D eigenvalue weighted by Crippen LogP contribution is -2.07. The minimum Gasteiger partial charge on any atom is -0.208 e. The molecular weight excluding hydrogens is 188 g/mol. The number of rotatable bonds is 0. The van der Waals surface area contributed by atoms with E-state index in [1.165, 1.54) is 6.07 Å². The van der Waals surface area contributed by atoms with Crippen LogP contribution in [0.4, 0.5) is 4.39 Å². The topological polar surface area (TPSA) is 23.8 Å². The molecule has 70 valence electrons. The minimum atomic E-state index is -0.424. The van der Waals surface area contributed by atoms with E-state index in [9.17, 15) is 4.39 Å². The third kappa shape index (κ3) is 1.59. The van der Waals surface area contributed by atoms with Gasteiger partial charge >= 0.3 is 0 Å². The van der Waals surface area contributed by atoms with Gasteiger partial charge in [0.05, 0.1) is 11.6 Å². The quantitative estimate of drug-likeness (QED) is 0.589. The summed E-state index contributed by atoms with van der Waals surface area (Å²) in [6.45, 7) is 1.83. The second-order valence-electron chi connectivity index (χ2n) is 3.50. The molecule has 2 aromatic carbocycles. The first-order valence-corrected chi connectivity index (χ1v) is 4.51. The van der Waals surface area contributed by atoms with E-state index in [2.05, 4.69) is 6.07 Å². The van der Waals surface area contributed by atoms with E-state index in [4.69, 9.17) is 13.1 Å². The number of hydrogen-bond donors (Lipinski definition) is 0. The summed E-state index contributed by atoms with van der Waals surface area (Å²) >= 11 is 0. The van der Waals surface area contributed by atoms with Crippen LogP contribution in [-0.2, 0) is 0 Å². The lowest BCUT2D eigenvalue weighted by Gasteiger charge is -2.04. The van der Waals surface area contributed by atoms with Crippen LogP contribution < -0.4 is 5.46 Å². The van der Waals surface area contributed by atoms with Crippen molar-refractivity contribution >= 4 is 24.1 Å². The molecule has 0 unspecified atom stereocenters. The van der Waals surface area contributed by atoms with Crippen LogP contribution in [0.2, 0.25) is 0 Å². The number of aryl methyl sites for hydroxylation is 1. The third-order valence-electron chi connectivity index (χ3n) is 2.42. The smallest absolute Gasteiger partial charge is 0.117 e. The van der Waals surface area contributed by atoms with E-state index in [-0.39, 0.29) is 5.46 Å². The Morgan fingerprint density at radius 3 is 2.53 bits per heavy atom. The first kappa shape index (κ1) is 9.73. The Bertz CT molecular complexity index is 584.